The lowest BCUT2D eigenvalue weighted by Gasteiger charge is -2.27. The number of morpholine rings is 1. The predicted molar refractivity (Wildman–Crippen MR) is 92.0 cm³/mol. The fourth-order valence-corrected chi connectivity index (χ4v) is 2.56. The Kier molecular flexibility index (Phi) is 5.66. The van der Waals surface area contributed by atoms with Gasteiger partial charge in [0.25, 0.3) is 0 Å². The monoisotopic (exact) mass is 365 g/mol. The van der Waals surface area contributed by atoms with Crippen molar-refractivity contribution in [2.45, 2.75) is 6.54 Å². The number of carbonyl (C=O) groups excluding carboxylic acids is 2. The Morgan fingerprint density at radius 2 is 1.92 bits per heavy atom. The fourth-order valence-electron chi connectivity index (χ4n) is 2.56. The molecule has 0 unspecified atom stereocenters. The van der Waals surface area contributed by atoms with Crippen molar-refractivity contribution in [2.24, 2.45) is 0 Å². The molecule has 2 aliphatic heterocycles. The Morgan fingerprint density at radius 3 is 2.58 bits per heavy atom. The van der Waals surface area contributed by atoms with E-state index in [0.717, 1.165) is 0 Å². The summed E-state index contributed by atoms with van der Waals surface area (Å²) >= 11 is 0. The van der Waals surface area contributed by atoms with Crippen LogP contribution < -0.4 is 15.1 Å². The molecule has 1 N–H and O–H groups in total. The molecule has 26 heavy (non-hydrogen) atoms. The maximum absolute atomic E-state index is 12.1. The normalized spacial score (nSPS) is 17.2. The van der Waals surface area contributed by atoms with Crippen molar-refractivity contribution < 1.29 is 19.1 Å². The quantitative estimate of drug-likeness (QED) is 0.667. The minimum absolute atomic E-state index is 0.0409. The summed E-state index contributed by atoms with van der Waals surface area (Å²) in [6, 6.07) is 0. The van der Waals surface area contributed by atoms with E-state index >= 15 is 0 Å². The number of amides is 2. The van der Waals surface area contributed by atoms with Gasteiger partial charge in [-0.1, -0.05) is 0 Å². The maximum atomic E-state index is 12.1. The average Bonchev–Trinajstić information content (AvgIpc) is 3.05. The molecule has 1 aromatic rings. The molecule has 1 aromatic heterocycles. The van der Waals surface area contributed by atoms with Crippen LogP contribution in [0.25, 0.3) is 0 Å². The Balaban J connectivity index is 1.65. The van der Waals surface area contributed by atoms with Gasteiger partial charge in [-0.25, -0.2) is 4.79 Å². The fraction of sp³-hybridized carbons (Fsp3) is 0.667. The van der Waals surface area contributed by atoms with E-state index < -0.39 is 6.09 Å². The Hall–Kier alpha value is -2.69. The molecule has 0 bridgehead atoms. The molecule has 3 rings (SSSR count). The van der Waals surface area contributed by atoms with Crippen molar-refractivity contribution in [1.82, 2.24) is 25.2 Å². The van der Waals surface area contributed by atoms with Gasteiger partial charge in [-0.15, -0.1) is 0 Å². The molecule has 2 saturated heterocycles. The molecule has 0 radical (unpaired) electrons. The number of rotatable bonds is 6. The first-order valence-corrected chi connectivity index (χ1v) is 8.46. The van der Waals surface area contributed by atoms with Crippen molar-refractivity contribution in [3.63, 3.8) is 0 Å². The molecule has 0 aromatic carbocycles. The topological polar surface area (TPSA) is 113 Å². The lowest BCUT2D eigenvalue weighted by Crippen LogP contribution is -2.39. The van der Waals surface area contributed by atoms with E-state index in [1.165, 1.54) is 4.90 Å². The van der Waals surface area contributed by atoms with E-state index in [-0.39, 0.29) is 19.0 Å². The van der Waals surface area contributed by atoms with Crippen molar-refractivity contribution >= 4 is 23.9 Å². The van der Waals surface area contributed by atoms with Crippen LogP contribution in [0, 0.1) is 0 Å². The van der Waals surface area contributed by atoms with Crippen LogP contribution >= 0.6 is 0 Å². The smallest absolute Gasteiger partial charge is 0.410 e. The third-order valence-corrected chi connectivity index (χ3v) is 3.98. The highest BCUT2D eigenvalue weighted by atomic mass is 16.6. The molecule has 0 saturated carbocycles. The second-order valence-corrected chi connectivity index (χ2v) is 6.16. The molecule has 2 amide bonds. The number of carbonyl (C=O) groups is 2. The number of nitrogens with one attached hydrogen (secondary N) is 1. The number of anilines is 2. The number of hydrogen-bond acceptors (Lipinski definition) is 9. The summed E-state index contributed by atoms with van der Waals surface area (Å²) in [5.41, 5.74) is 0. The molecule has 3 heterocycles. The average molecular weight is 365 g/mol. The molecule has 0 atom stereocenters. The van der Waals surface area contributed by atoms with Gasteiger partial charge in [-0.05, 0) is 0 Å². The van der Waals surface area contributed by atoms with Gasteiger partial charge in [-0.2, -0.15) is 15.0 Å². The second-order valence-electron chi connectivity index (χ2n) is 6.16. The molecular weight excluding hydrogens is 342 g/mol. The van der Waals surface area contributed by atoms with E-state index in [1.807, 2.05) is 19.0 Å². The van der Waals surface area contributed by atoms with Gasteiger partial charge in [0.05, 0.1) is 26.3 Å². The molecule has 11 heteroatoms. The van der Waals surface area contributed by atoms with Crippen LogP contribution in [0.15, 0.2) is 0 Å². The van der Waals surface area contributed by atoms with Gasteiger partial charge >= 0.3 is 6.09 Å². The SMILES string of the molecule is CN(C)c1nc(CNC(=O)CN2CCOC2=O)nc(N2CCOCC2)n1. The van der Waals surface area contributed by atoms with Crippen LogP contribution in [-0.2, 0) is 20.8 Å². The van der Waals surface area contributed by atoms with Crippen LogP contribution in [0.1, 0.15) is 5.82 Å². The first kappa shape index (κ1) is 18.1. The highest BCUT2D eigenvalue weighted by Gasteiger charge is 2.24. The third kappa shape index (κ3) is 4.48. The summed E-state index contributed by atoms with van der Waals surface area (Å²) in [5.74, 6) is 1.26. The second kappa shape index (κ2) is 8.13. The highest BCUT2D eigenvalue weighted by molar-refractivity contribution is 5.82. The van der Waals surface area contributed by atoms with Crippen molar-refractivity contribution in [3.05, 3.63) is 5.82 Å². The number of ether oxygens (including phenoxy) is 2. The van der Waals surface area contributed by atoms with E-state index in [2.05, 4.69) is 20.3 Å². The van der Waals surface area contributed by atoms with Crippen molar-refractivity contribution in [1.29, 1.82) is 0 Å². The van der Waals surface area contributed by atoms with Gasteiger partial charge in [0.15, 0.2) is 5.82 Å². The molecule has 142 valence electrons. The zero-order valence-electron chi connectivity index (χ0n) is 15.0. The number of cyclic esters (lactones) is 1. The lowest BCUT2D eigenvalue weighted by molar-refractivity contribution is -0.121. The first-order chi connectivity index (χ1) is 12.5. The number of nitrogens with zero attached hydrogens (tertiary/aromatic N) is 6. The van der Waals surface area contributed by atoms with Crippen molar-refractivity contribution in [2.75, 3.05) is 69.9 Å². The predicted octanol–water partition coefficient (Wildman–Crippen LogP) is -1.16. The number of aromatic nitrogens is 3. The van der Waals surface area contributed by atoms with E-state index in [0.29, 0.717) is 57.2 Å². The minimum Gasteiger partial charge on any atom is -0.448 e. The van der Waals surface area contributed by atoms with Gasteiger partial charge in [0.1, 0.15) is 13.2 Å². The van der Waals surface area contributed by atoms with Crippen LogP contribution in [0.2, 0.25) is 0 Å². The van der Waals surface area contributed by atoms with Crippen LogP contribution in [-0.4, -0.2) is 91.9 Å². The standard InChI is InChI=1S/C15H23N7O4/c1-20(2)13-17-11(18-14(19-13)21-3-6-25-7-4-21)9-16-12(23)10-22-5-8-26-15(22)24/h3-10H2,1-2H3,(H,16,23). The van der Waals surface area contributed by atoms with Gasteiger partial charge in [0.2, 0.25) is 17.8 Å². The third-order valence-electron chi connectivity index (χ3n) is 3.98. The zero-order chi connectivity index (χ0) is 18.5. The first-order valence-electron chi connectivity index (χ1n) is 8.46. The molecule has 11 nitrogen and oxygen atoms in total. The molecule has 0 spiro atoms. The van der Waals surface area contributed by atoms with E-state index in [9.17, 15) is 9.59 Å². The van der Waals surface area contributed by atoms with Crippen LogP contribution in [0.3, 0.4) is 0 Å². The summed E-state index contributed by atoms with van der Waals surface area (Å²) in [6.45, 7) is 3.52. The summed E-state index contributed by atoms with van der Waals surface area (Å²) in [5, 5.41) is 2.74. The summed E-state index contributed by atoms with van der Waals surface area (Å²) < 4.78 is 10.2. The number of hydrogen-bond donors (Lipinski definition) is 1. The van der Waals surface area contributed by atoms with Gasteiger partial charge in [0, 0.05) is 27.2 Å². The van der Waals surface area contributed by atoms with Gasteiger partial charge in [-0.3, -0.25) is 9.69 Å². The molecule has 0 aliphatic carbocycles. The minimum atomic E-state index is -0.468. The van der Waals surface area contributed by atoms with Crippen LogP contribution in [0.5, 0.6) is 0 Å². The molecule has 2 fully saturated rings. The van der Waals surface area contributed by atoms with Crippen LogP contribution in [0.4, 0.5) is 16.7 Å². The Bertz CT molecular complexity index is 663. The highest BCUT2D eigenvalue weighted by Crippen LogP contribution is 2.14. The van der Waals surface area contributed by atoms with E-state index in [1.54, 1.807) is 4.90 Å². The Labute approximate surface area is 151 Å². The lowest BCUT2D eigenvalue weighted by atomic mass is 10.4. The Morgan fingerprint density at radius 1 is 1.15 bits per heavy atom. The molecular formula is C15H23N7O4. The molecule has 2 aliphatic rings. The zero-order valence-corrected chi connectivity index (χ0v) is 15.0. The summed E-state index contributed by atoms with van der Waals surface area (Å²) in [7, 11) is 3.69. The van der Waals surface area contributed by atoms with Gasteiger partial charge < -0.3 is 24.6 Å². The maximum Gasteiger partial charge on any atom is 0.410 e. The largest absolute Gasteiger partial charge is 0.448 e. The van der Waals surface area contributed by atoms with E-state index in [4.69, 9.17) is 9.47 Å². The van der Waals surface area contributed by atoms with Crippen molar-refractivity contribution in [3.8, 4) is 0 Å². The summed E-state index contributed by atoms with van der Waals surface area (Å²) in [4.78, 5) is 41.9. The summed E-state index contributed by atoms with van der Waals surface area (Å²) in [6.07, 6.45) is -0.468.